The van der Waals surface area contributed by atoms with Gasteiger partial charge in [-0.15, -0.1) is 0 Å². The molecule has 1 amide bonds. The lowest BCUT2D eigenvalue weighted by molar-refractivity contribution is 0.0785. The molecule has 6 heteroatoms. The van der Waals surface area contributed by atoms with E-state index in [-0.39, 0.29) is 5.91 Å². The van der Waals surface area contributed by atoms with Gasteiger partial charge in [0.1, 0.15) is 5.82 Å². The maximum Gasteiger partial charge on any atom is 0.253 e. The minimum Gasteiger partial charge on any atom is -0.397 e. The zero-order valence-electron chi connectivity index (χ0n) is 16.8. The zero-order valence-corrected chi connectivity index (χ0v) is 16.8. The number of nitrogens with two attached hydrogens (primary N) is 1. The smallest absolute Gasteiger partial charge is 0.253 e. The molecule has 2 N–H and O–H groups in total. The Balaban J connectivity index is 1.60. The molecule has 1 fully saturated rings. The Bertz CT molecular complexity index is 976. The van der Waals surface area contributed by atoms with Gasteiger partial charge in [0, 0.05) is 49.9 Å². The molecule has 0 saturated heterocycles. The SMILES string of the molecule is CN(Cc1ccncc1)C(=O)c1ccc(N)c(-n2ccnc2C2CCCCC2)c1. The number of imidazole rings is 1. The van der Waals surface area contributed by atoms with Gasteiger partial charge in [0.2, 0.25) is 0 Å². The zero-order chi connectivity index (χ0) is 20.2. The normalized spacial score (nSPS) is 14.7. The van der Waals surface area contributed by atoms with E-state index in [1.54, 1.807) is 23.4 Å². The van der Waals surface area contributed by atoms with Crippen molar-refractivity contribution in [3.05, 3.63) is 72.1 Å². The maximum atomic E-state index is 13.0. The summed E-state index contributed by atoms with van der Waals surface area (Å²) in [5, 5.41) is 0. The highest BCUT2D eigenvalue weighted by Crippen LogP contribution is 2.33. The average molecular weight is 390 g/mol. The van der Waals surface area contributed by atoms with Crippen LogP contribution in [0, 0.1) is 0 Å². The molecule has 4 rings (SSSR count). The van der Waals surface area contributed by atoms with E-state index in [1.807, 2.05) is 43.7 Å². The summed E-state index contributed by atoms with van der Waals surface area (Å²) in [5.41, 5.74) is 9.43. The first-order chi connectivity index (χ1) is 14.1. The van der Waals surface area contributed by atoms with Gasteiger partial charge in [0.05, 0.1) is 11.4 Å². The number of pyridine rings is 1. The van der Waals surface area contributed by atoms with Crippen molar-refractivity contribution >= 4 is 11.6 Å². The highest BCUT2D eigenvalue weighted by Gasteiger charge is 2.22. The Labute approximate surface area is 171 Å². The molecule has 1 aliphatic carbocycles. The number of carbonyl (C=O) groups is 1. The Kier molecular flexibility index (Phi) is 5.60. The van der Waals surface area contributed by atoms with Crippen LogP contribution in [0.1, 0.15) is 59.8 Å². The third kappa shape index (κ3) is 4.16. The molecule has 1 aromatic carbocycles. The van der Waals surface area contributed by atoms with E-state index in [4.69, 9.17) is 5.73 Å². The molecule has 2 aromatic heterocycles. The minimum atomic E-state index is -0.0395. The molecule has 0 radical (unpaired) electrons. The Morgan fingerprint density at radius 1 is 1.14 bits per heavy atom. The van der Waals surface area contributed by atoms with Gasteiger partial charge in [0.25, 0.3) is 5.91 Å². The van der Waals surface area contributed by atoms with Gasteiger partial charge in [-0.25, -0.2) is 4.98 Å². The fourth-order valence-electron chi connectivity index (χ4n) is 4.12. The fraction of sp³-hybridized carbons (Fsp3) is 0.348. The van der Waals surface area contributed by atoms with Crippen LogP contribution in [0.15, 0.2) is 55.1 Å². The lowest BCUT2D eigenvalue weighted by atomic mass is 9.88. The van der Waals surface area contributed by atoms with E-state index < -0.39 is 0 Å². The van der Waals surface area contributed by atoms with Crippen molar-refractivity contribution in [3.63, 3.8) is 0 Å². The van der Waals surface area contributed by atoms with Gasteiger partial charge in [-0.2, -0.15) is 0 Å². The van der Waals surface area contributed by atoms with Crippen LogP contribution in [-0.2, 0) is 6.54 Å². The van der Waals surface area contributed by atoms with Crippen molar-refractivity contribution in [2.75, 3.05) is 12.8 Å². The van der Waals surface area contributed by atoms with E-state index in [9.17, 15) is 4.79 Å². The number of carbonyl (C=O) groups excluding carboxylic acids is 1. The van der Waals surface area contributed by atoms with Gasteiger partial charge in [0.15, 0.2) is 0 Å². The number of hydrogen-bond acceptors (Lipinski definition) is 4. The lowest BCUT2D eigenvalue weighted by Crippen LogP contribution is -2.26. The van der Waals surface area contributed by atoms with Crippen LogP contribution < -0.4 is 5.73 Å². The summed E-state index contributed by atoms with van der Waals surface area (Å²) in [7, 11) is 1.81. The summed E-state index contributed by atoms with van der Waals surface area (Å²) >= 11 is 0. The maximum absolute atomic E-state index is 13.0. The van der Waals surface area contributed by atoms with Gasteiger partial charge in [-0.05, 0) is 48.7 Å². The molecule has 1 saturated carbocycles. The predicted molar refractivity (Wildman–Crippen MR) is 114 cm³/mol. The largest absolute Gasteiger partial charge is 0.397 e. The molecular formula is C23H27N5O. The number of nitrogen functional groups attached to an aromatic ring is 1. The van der Waals surface area contributed by atoms with Crippen LogP contribution >= 0.6 is 0 Å². The summed E-state index contributed by atoms with van der Waals surface area (Å²) in [6.07, 6.45) is 13.3. The molecule has 0 atom stereocenters. The molecular weight excluding hydrogens is 362 g/mol. The molecule has 0 unspecified atom stereocenters. The number of benzene rings is 1. The second-order valence-electron chi connectivity index (χ2n) is 7.78. The van der Waals surface area contributed by atoms with Gasteiger partial charge in [-0.3, -0.25) is 9.78 Å². The molecule has 2 heterocycles. The third-order valence-corrected chi connectivity index (χ3v) is 5.69. The van der Waals surface area contributed by atoms with Crippen molar-refractivity contribution in [1.29, 1.82) is 0 Å². The summed E-state index contributed by atoms with van der Waals surface area (Å²) < 4.78 is 2.06. The van der Waals surface area contributed by atoms with Gasteiger partial charge in [-0.1, -0.05) is 19.3 Å². The first kappa shape index (κ1) is 19.2. The van der Waals surface area contributed by atoms with Crippen LogP contribution in [0.4, 0.5) is 5.69 Å². The van der Waals surface area contributed by atoms with Crippen molar-refractivity contribution in [2.24, 2.45) is 0 Å². The summed E-state index contributed by atoms with van der Waals surface area (Å²) in [6, 6.07) is 9.32. The van der Waals surface area contributed by atoms with Crippen LogP contribution in [0.5, 0.6) is 0 Å². The number of anilines is 1. The predicted octanol–water partition coefficient (Wildman–Crippen LogP) is 4.17. The third-order valence-electron chi connectivity index (χ3n) is 5.69. The highest BCUT2D eigenvalue weighted by atomic mass is 16.2. The van der Waals surface area contributed by atoms with Crippen LogP contribution in [0.3, 0.4) is 0 Å². The highest BCUT2D eigenvalue weighted by molar-refractivity contribution is 5.95. The van der Waals surface area contributed by atoms with Crippen molar-refractivity contribution in [3.8, 4) is 5.69 Å². The minimum absolute atomic E-state index is 0.0395. The van der Waals surface area contributed by atoms with Crippen LogP contribution in [-0.4, -0.2) is 32.4 Å². The van der Waals surface area contributed by atoms with E-state index in [2.05, 4.69) is 14.5 Å². The summed E-state index contributed by atoms with van der Waals surface area (Å²) in [6.45, 7) is 0.527. The Morgan fingerprint density at radius 3 is 2.66 bits per heavy atom. The molecule has 29 heavy (non-hydrogen) atoms. The van der Waals surface area contributed by atoms with Crippen LogP contribution in [0.25, 0.3) is 5.69 Å². The Hall–Kier alpha value is -3.15. The molecule has 0 aliphatic heterocycles. The number of amides is 1. The van der Waals surface area contributed by atoms with Crippen molar-refractivity contribution < 1.29 is 4.79 Å². The summed E-state index contributed by atoms with van der Waals surface area (Å²) in [5.74, 6) is 1.46. The topological polar surface area (TPSA) is 77.0 Å². The van der Waals surface area contributed by atoms with Crippen molar-refractivity contribution in [1.82, 2.24) is 19.4 Å². The number of hydrogen-bond donors (Lipinski definition) is 1. The molecule has 150 valence electrons. The lowest BCUT2D eigenvalue weighted by Gasteiger charge is -2.23. The fourth-order valence-corrected chi connectivity index (χ4v) is 4.12. The molecule has 0 bridgehead atoms. The van der Waals surface area contributed by atoms with E-state index in [0.717, 1.165) is 29.9 Å². The number of rotatable bonds is 5. The van der Waals surface area contributed by atoms with E-state index >= 15 is 0 Å². The van der Waals surface area contributed by atoms with Crippen LogP contribution in [0.2, 0.25) is 0 Å². The molecule has 6 nitrogen and oxygen atoms in total. The summed E-state index contributed by atoms with van der Waals surface area (Å²) in [4.78, 5) is 23.4. The van der Waals surface area contributed by atoms with Gasteiger partial charge >= 0.3 is 0 Å². The quantitative estimate of drug-likeness (QED) is 0.665. The molecule has 3 aromatic rings. The second-order valence-corrected chi connectivity index (χ2v) is 7.78. The average Bonchev–Trinajstić information content (AvgIpc) is 3.24. The number of aromatic nitrogens is 3. The first-order valence-corrected chi connectivity index (χ1v) is 10.2. The Morgan fingerprint density at radius 2 is 1.90 bits per heavy atom. The van der Waals surface area contributed by atoms with E-state index in [0.29, 0.717) is 23.7 Å². The molecule has 0 spiro atoms. The first-order valence-electron chi connectivity index (χ1n) is 10.2. The second kappa shape index (κ2) is 8.47. The molecule has 1 aliphatic rings. The van der Waals surface area contributed by atoms with E-state index in [1.165, 1.54) is 19.3 Å². The monoisotopic (exact) mass is 389 g/mol. The number of nitrogens with zero attached hydrogens (tertiary/aromatic N) is 4. The standard InChI is InChI=1S/C23H27N5O/c1-27(16-17-9-11-25-12-10-17)23(29)19-7-8-20(24)21(15-19)28-14-13-26-22(28)18-5-3-2-4-6-18/h7-15,18H,2-6,16,24H2,1H3. The van der Waals surface area contributed by atoms with Crippen molar-refractivity contribution in [2.45, 2.75) is 44.6 Å². The van der Waals surface area contributed by atoms with Gasteiger partial charge < -0.3 is 15.2 Å².